The maximum Gasteiger partial charge on any atom is 0.227 e. The molecule has 0 saturated carbocycles. The molecule has 0 N–H and O–H groups in total. The van der Waals surface area contributed by atoms with E-state index in [1.807, 2.05) is 6.29 Å². The highest BCUT2D eigenvalue weighted by Gasteiger charge is 2.13. The summed E-state index contributed by atoms with van der Waals surface area (Å²) in [4.78, 5) is 16.0. The average Bonchev–Trinajstić information content (AvgIpc) is 2.43. The molecule has 1 aliphatic heterocycles. The van der Waals surface area contributed by atoms with Gasteiger partial charge in [0.25, 0.3) is 0 Å². The summed E-state index contributed by atoms with van der Waals surface area (Å²) in [6.07, 6.45) is 5.08. The van der Waals surface area contributed by atoms with Crippen LogP contribution < -0.4 is 0 Å². The van der Waals surface area contributed by atoms with Crippen molar-refractivity contribution in [1.82, 2.24) is 4.90 Å². The van der Waals surface area contributed by atoms with Crippen molar-refractivity contribution in [3.63, 3.8) is 0 Å². The standard InChI is InChI=1S/C7H9N2O/c1-2-7(5-10)9-4-3-8-6-9/h2,6-7H,1,3-4H2. The Balaban J connectivity index is 2.52. The lowest BCUT2D eigenvalue weighted by Gasteiger charge is -2.16. The fraction of sp³-hybridized carbons (Fsp3) is 0.429. The first-order valence-corrected chi connectivity index (χ1v) is 3.14. The number of carbonyl (C=O) groups excluding carboxylic acids is 1. The van der Waals surface area contributed by atoms with Crippen molar-refractivity contribution < 1.29 is 4.79 Å². The molecular weight excluding hydrogens is 128 g/mol. The molecule has 3 nitrogen and oxygen atoms in total. The third kappa shape index (κ3) is 1.23. The smallest absolute Gasteiger partial charge is 0.227 e. The highest BCUT2D eigenvalue weighted by molar-refractivity contribution is 5.69. The van der Waals surface area contributed by atoms with Crippen molar-refractivity contribution in [2.45, 2.75) is 6.04 Å². The number of hydrogen-bond donors (Lipinski definition) is 0. The van der Waals surface area contributed by atoms with E-state index in [-0.39, 0.29) is 6.04 Å². The van der Waals surface area contributed by atoms with E-state index in [0.717, 1.165) is 13.1 Å². The molecule has 53 valence electrons. The Labute approximate surface area is 60.1 Å². The fourth-order valence-corrected chi connectivity index (χ4v) is 0.856. The summed E-state index contributed by atoms with van der Waals surface area (Å²) in [6.45, 7) is 5.08. The quantitative estimate of drug-likeness (QED) is 0.513. The van der Waals surface area contributed by atoms with Crippen molar-refractivity contribution in [3.8, 4) is 0 Å². The van der Waals surface area contributed by atoms with Crippen molar-refractivity contribution in [3.05, 3.63) is 12.7 Å². The molecule has 1 aliphatic rings. The van der Waals surface area contributed by atoms with E-state index in [9.17, 15) is 4.79 Å². The first-order valence-electron chi connectivity index (χ1n) is 3.14. The third-order valence-corrected chi connectivity index (χ3v) is 1.42. The molecule has 1 atom stereocenters. The van der Waals surface area contributed by atoms with Gasteiger partial charge in [0.05, 0.1) is 12.9 Å². The molecule has 1 radical (unpaired) electrons. The maximum absolute atomic E-state index is 10.2. The number of rotatable bonds is 3. The molecule has 1 rings (SSSR count). The normalized spacial score (nSPS) is 19.0. The number of aliphatic imine (C=N–C) groups is 1. The molecule has 0 spiro atoms. The van der Waals surface area contributed by atoms with Gasteiger partial charge >= 0.3 is 0 Å². The van der Waals surface area contributed by atoms with E-state index in [1.54, 1.807) is 17.3 Å². The molecule has 0 saturated heterocycles. The second-order valence-corrected chi connectivity index (χ2v) is 2.06. The van der Waals surface area contributed by atoms with Crippen LogP contribution in [0, 0.1) is 0 Å². The van der Waals surface area contributed by atoms with E-state index in [1.165, 1.54) is 0 Å². The Hall–Kier alpha value is -1.12. The molecule has 1 heterocycles. The Bertz CT molecular complexity index is 157. The number of hydrogen-bond acceptors (Lipinski definition) is 3. The Morgan fingerprint density at radius 3 is 3.10 bits per heavy atom. The van der Waals surface area contributed by atoms with Gasteiger partial charge in [0.1, 0.15) is 6.04 Å². The molecule has 0 aromatic carbocycles. The minimum atomic E-state index is -0.314. The molecule has 0 aromatic heterocycles. The van der Waals surface area contributed by atoms with E-state index in [4.69, 9.17) is 0 Å². The van der Waals surface area contributed by atoms with E-state index >= 15 is 0 Å². The molecule has 0 amide bonds. The monoisotopic (exact) mass is 137 g/mol. The largest absolute Gasteiger partial charge is 0.347 e. The van der Waals surface area contributed by atoms with Crippen LogP contribution in [0.15, 0.2) is 17.6 Å². The van der Waals surface area contributed by atoms with Crippen molar-refractivity contribution in [1.29, 1.82) is 0 Å². The van der Waals surface area contributed by atoms with Crippen LogP contribution in [0.2, 0.25) is 0 Å². The van der Waals surface area contributed by atoms with Gasteiger partial charge in [-0.25, -0.2) is 0 Å². The lowest BCUT2D eigenvalue weighted by atomic mass is 10.3. The lowest BCUT2D eigenvalue weighted by Crippen LogP contribution is -2.31. The van der Waals surface area contributed by atoms with Crippen LogP contribution in [0.3, 0.4) is 0 Å². The predicted molar refractivity (Wildman–Crippen MR) is 39.7 cm³/mol. The topological polar surface area (TPSA) is 32.7 Å². The van der Waals surface area contributed by atoms with Crippen molar-refractivity contribution in [2.75, 3.05) is 13.1 Å². The summed E-state index contributed by atoms with van der Waals surface area (Å²) < 4.78 is 0. The summed E-state index contributed by atoms with van der Waals surface area (Å²) in [5.74, 6) is 0. The first kappa shape index (κ1) is 6.99. The summed E-state index contributed by atoms with van der Waals surface area (Å²) in [5.41, 5.74) is 0. The van der Waals surface area contributed by atoms with Gasteiger partial charge in [-0.3, -0.25) is 9.79 Å². The van der Waals surface area contributed by atoms with E-state index < -0.39 is 0 Å². The minimum Gasteiger partial charge on any atom is -0.347 e. The SMILES string of the molecule is C=CC([C]=O)N1C=NCC1. The molecular formula is C7H9N2O. The third-order valence-electron chi connectivity index (χ3n) is 1.42. The van der Waals surface area contributed by atoms with E-state index in [0.29, 0.717) is 0 Å². The molecule has 1 unspecified atom stereocenters. The van der Waals surface area contributed by atoms with Crippen LogP contribution in [0.1, 0.15) is 0 Å². The zero-order valence-electron chi connectivity index (χ0n) is 5.66. The fourth-order valence-electron chi connectivity index (χ4n) is 0.856. The summed E-state index contributed by atoms with van der Waals surface area (Å²) in [6, 6.07) is -0.314. The molecule has 0 bridgehead atoms. The van der Waals surface area contributed by atoms with Crippen LogP contribution in [-0.4, -0.2) is 36.7 Å². The lowest BCUT2D eigenvalue weighted by molar-refractivity contribution is 0.441. The van der Waals surface area contributed by atoms with E-state index in [2.05, 4.69) is 11.6 Å². The van der Waals surface area contributed by atoms with Crippen molar-refractivity contribution in [2.24, 2.45) is 4.99 Å². The average molecular weight is 137 g/mol. The van der Waals surface area contributed by atoms with Gasteiger partial charge in [-0.2, -0.15) is 0 Å². The highest BCUT2D eigenvalue weighted by atomic mass is 16.1. The van der Waals surface area contributed by atoms with Crippen LogP contribution in [0.5, 0.6) is 0 Å². The highest BCUT2D eigenvalue weighted by Crippen LogP contribution is 1.99. The van der Waals surface area contributed by atoms with Gasteiger partial charge in [0, 0.05) is 6.54 Å². The van der Waals surface area contributed by atoms with Crippen LogP contribution >= 0.6 is 0 Å². The van der Waals surface area contributed by atoms with Gasteiger partial charge in [0.15, 0.2) is 0 Å². The molecule has 0 aromatic rings. The van der Waals surface area contributed by atoms with Crippen LogP contribution in [0.4, 0.5) is 0 Å². The van der Waals surface area contributed by atoms with Gasteiger partial charge in [0.2, 0.25) is 6.29 Å². The molecule has 3 heteroatoms. The molecule has 10 heavy (non-hydrogen) atoms. The van der Waals surface area contributed by atoms with Gasteiger partial charge in [-0.1, -0.05) is 6.08 Å². The first-order chi connectivity index (χ1) is 4.88. The summed E-state index contributed by atoms with van der Waals surface area (Å²) in [7, 11) is 0. The van der Waals surface area contributed by atoms with Gasteiger partial charge in [-0.15, -0.1) is 6.58 Å². The van der Waals surface area contributed by atoms with Crippen LogP contribution in [-0.2, 0) is 4.79 Å². The molecule has 0 aliphatic carbocycles. The summed E-state index contributed by atoms with van der Waals surface area (Å²) in [5, 5.41) is 0. The van der Waals surface area contributed by atoms with Gasteiger partial charge < -0.3 is 4.90 Å². The predicted octanol–water partition coefficient (Wildman–Crippen LogP) is -0.00540. The second-order valence-electron chi connectivity index (χ2n) is 2.06. The van der Waals surface area contributed by atoms with Crippen LogP contribution in [0.25, 0.3) is 0 Å². The second kappa shape index (κ2) is 3.15. The Morgan fingerprint density at radius 2 is 2.70 bits per heavy atom. The summed E-state index contributed by atoms with van der Waals surface area (Å²) >= 11 is 0. The Morgan fingerprint density at radius 1 is 1.90 bits per heavy atom. The maximum atomic E-state index is 10.2. The van der Waals surface area contributed by atoms with Gasteiger partial charge in [-0.05, 0) is 0 Å². The Kier molecular flexibility index (Phi) is 2.20. The zero-order valence-corrected chi connectivity index (χ0v) is 5.66. The zero-order chi connectivity index (χ0) is 7.40. The number of nitrogens with zero attached hydrogens (tertiary/aromatic N) is 2. The van der Waals surface area contributed by atoms with Crippen molar-refractivity contribution >= 4 is 12.6 Å². The minimum absolute atomic E-state index is 0.314. The molecule has 0 fully saturated rings.